The van der Waals surface area contributed by atoms with Gasteiger partial charge in [-0.05, 0) is 37.1 Å². The summed E-state index contributed by atoms with van der Waals surface area (Å²) < 4.78 is 12.7. The van der Waals surface area contributed by atoms with Crippen LogP contribution in [0.15, 0.2) is 30.5 Å². The first-order chi connectivity index (χ1) is 12.6. The first-order valence-electron chi connectivity index (χ1n) is 8.93. The van der Waals surface area contributed by atoms with E-state index in [-0.39, 0.29) is 12.6 Å². The Morgan fingerprint density at radius 2 is 2.08 bits per heavy atom. The number of carbonyl (C=O) groups is 1. The second-order valence-corrected chi connectivity index (χ2v) is 6.49. The number of aromatic nitrogens is 2. The van der Waals surface area contributed by atoms with Crippen molar-refractivity contribution in [1.82, 2.24) is 20.0 Å². The summed E-state index contributed by atoms with van der Waals surface area (Å²) in [4.78, 5) is 14.5. The fraction of sp³-hybridized carbons (Fsp3) is 0.474. The van der Waals surface area contributed by atoms with Gasteiger partial charge in [0, 0.05) is 32.4 Å². The first kappa shape index (κ1) is 18.4. The number of benzene rings is 1. The largest absolute Gasteiger partial charge is 0.471 e. The van der Waals surface area contributed by atoms with Crippen molar-refractivity contribution in [3.8, 4) is 5.75 Å². The number of hydrogen-bond acceptors (Lipinski definition) is 5. The predicted octanol–water partition coefficient (Wildman–Crippen LogP) is 1.60. The summed E-state index contributed by atoms with van der Waals surface area (Å²) in [5.74, 6) is 0.667. The molecule has 1 fully saturated rings. The van der Waals surface area contributed by atoms with Crippen LogP contribution in [0.25, 0.3) is 0 Å². The van der Waals surface area contributed by atoms with E-state index in [1.54, 1.807) is 16.9 Å². The average Bonchev–Trinajstić information content (AvgIpc) is 3.12. The summed E-state index contributed by atoms with van der Waals surface area (Å²) in [5.41, 5.74) is 2.62. The molecule has 1 aromatic heterocycles. The first-order valence-corrected chi connectivity index (χ1v) is 8.93. The summed E-state index contributed by atoms with van der Waals surface area (Å²) >= 11 is 0. The van der Waals surface area contributed by atoms with Gasteiger partial charge in [0.1, 0.15) is 11.4 Å². The van der Waals surface area contributed by atoms with Gasteiger partial charge in [-0.2, -0.15) is 5.10 Å². The maximum atomic E-state index is 12.2. The van der Waals surface area contributed by atoms with E-state index in [1.807, 2.05) is 26.0 Å². The van der Waals surface area contributed by atoms with Crippen molar-refractivity contribution < 1.29 is 14.3 Å². The number of amides is 1. The Labute approximate surface area is 153 Å². The van der Waals surface area contributed by atoms with Crippen molar-refractivity contribution in [1.29, 1.82) is 0 Å². The van der Waals surface area contributed by atoms with Crippen molar-refractivity contribution in [3.63, 3.8) is 0 Å². The van der Waals surface area contributed by atoms with E-state index in [9.17, 15) is 4.79 Å². The summed E-state index contributed by atoms with van der Waals surface area (Å²) in [6.45, 7) is 9.09. The van der Waals surface area contributed by atoms with Gasteiger partial charge >= 0.3 is 0 Å². The second-order valence-electron chi connectivity index (χ2n) is 6.49. The summed E-state index contributed by atoms with van der Waals surface area (Å²) in [7, 11) is 0. The van der Waals surface area contributed by atoms with Crippen LogP contribution >= 0.6 is 0 Å². The van der Waals surface area contributed by atoms with Crippen LogP contribution in [0.2, 0.25) is 0 Å². The van der Waals surface area contributed by atoms with E-state index >= 15 is 0 Å². The maximum Gasteiger partial charge on any atom is 0.271 e. The Morgan fingerprint density at radius 3 is 2.88 bits per heavy atom. The van der Waals surface area contributed by atoms with Crippen molar-refractivity contribution in [3.05, 3.63) is 47.3 Å². The zero-order valence-corrected chi connectivity index (χ0v) is 15.4. The third kappa shape index (κ3) is 5.06. The molecule has 0 spiro atoms. The molecule has 1 amide bonds. The number of ether oxygens (including phenoxy) is 2. The molecule has 0 unspecified atom stereocenters. The van der Waals surface area contributed by atoms with Gasteiger partial charge in [-0.25, -0.2) is 4.68 Å². The van der Waals surface area contributed by atoms with E-state index in [0.717, 1.165) is 49.7 Å². The van der Waals surface area contributed by atoms with Gasteiger partial charge in [0.15, 0.2) is 6.73 Å². The van der Waals surface area contributed by atoms with Gasteiger partial charge in [0.05, 0.1) is 13.2 Å². The third-order valence-corrected chi connectivity index (χ3v) is 4.39. The molecule has 2 heterocycles. The van der Waals surface area contributed by atoms with Crippen LogP contribution in [0.1, 0.15) is 21.6 Å². The molecular weight excluding hydrogens is 332 g/mol. The third-order valence-electron chi connectivity index (χ3n) is 4.39. The number of nitrogens with zero attached hydrogens (tertiary/aromatic N) is 3. The molecule has 1 N–H and O–H groups in total. The van der Waals surface area contributed by atoms with Crippen LogP contribution in [0.5, 0.6) is 5.75 Å². The van der Waals surface area contributed by atoms with Crippen molar-refractivity contribution in [2.24, 2.45) is 0 Å². The van der Waals surface area contributed by atoms with Gasteiger partial charge in [0.25, 0.3) is 5.91 Å². The highest BCUT2D eigenvalue weighted by molar-refractivity contribution is 5.92. The lowest BCUT2D eigenvalue weighted by molar-refractivity contribution is 0.0383. The predicted molar refractivity (Wildman–Crippen MR) is 98.4 cm³/mol. The molecule has 2 aromatic rings. The fourth-order valence-electron chi connectivity index (χ4n) is 2.80. The maximum absolute atomic E-state index is 12.2. The molecule has 1 aliphatic rings. The smallest absolute Gasteiger partial charge is 0.271 e. The zero-order chi connectivity index (χ0) is 18.4. The normalized spacial score (nSPS) is 15.0. The van der Waals surface area contributed by atoms with Crippen LogP contribution in [-0.4, -0.2) is 60.0 Å². The van der Waals surface area contributed by atoms with Crippen molar-refractivity contribution >= 4 is 5.91 Å². The quantitative estimate of drug-likeness (QED) is 0.814. The lowest BCUT2D eigenvalue weighted by Gasteiger charge is -2.26. The van der Waals surface area contributed by atoms with Crippen LogP contribution in [-0.2, 0) is 11.5 Å². The molecule has 1 saturated heterocycles. The Bertz CT molecular complexity index is 738. The average molecular weight is 358 g/mol. The van der Waals surface area contributed by atoms with E-state index in [2.05, 4.69) is 21.4 Å². The minimum atomic E-state index is -0.163. The van der Waals surface area contributed by atoms with Gasteiger partial charge in [-0.1, -0.05) is 12.1 Å². The molecule has 1 aromatic carbocycles. The van der Waals surface area contributed by atoms with E-state index in [1.165, 1.54) is 0 Å². The van der Waals surface area contributed by atoms with Crippen LogP contribution < -0.4 is 10.1 Å². The van der Waals surface area contributed by atoms with Gasteiger partial charge < -0.3 is 14.8 Å². The molecule has 140 valence electrons. The number of carbonyl (C=O) groups excluding carboxylic acids is 1. The molecule has 7 nitrogen and oxygen atoms in total. The number of aryl methyl sites for hydroxylation is 2. The zero-order valence-electron chi connectivity index (χ0n) is 15.4. The van der Waals surface area contributed by atoms with E-state index in [0.29, 0.717) is 12.2 Å². The highest BCUT2D eigenvalue weighted by Gasteiger charge is 2.12. The van der Waals surface area contributed by atoms with Crippen molar-refractivity contribution in [2.45, 2.75) is 20.6 Å². The molecule has 0 bridgehead atoms. The Morgan fingerprint density at radius 1 is 1.27 bits per heavy atom. The lowest BCUT2D eigenvalue weighted by atomic mass is 10.1. The van der Waals surface area contributed by atoms with Crippen LogP contribution in [0.3, 0.4) is 0 Å². The topological polar surface area (TPSA) is 68.6 Å². The summed E-state index contributed by atoms with van der Waals surface area (Å²) in [6.07, 6.45) is 1.75. The standard InChI is InChI=1S/C19H26N4O3/c1-15-3-4-16(2)18(13-15)26-14-23-7-5-17(21-23)19(24)20-6-8-22-9-11-25-12-10-22/h3-5,7,13H,6,8-12,14H2,1-2H3,(H,20,24). The highest BCUT2D eigenvalue weighted by Crippen LogP contribution is 2.19. The Kier molecular flexibility index (Phi) is 6.25. The van der Waals surface area contributed by atoms with Gasteiger partial charge in [-0.15, -0.1) is 0 Å². The van der Waals surface area contributed by atoms with E-state index < -0.39 is 0 Å². The number of rotatable bonds is 7. The summed E-state index contributed by atoms with van der Waals surface area (Å²) in [5, 5.41) is 7.20. The Hall–Kier alpha value is -2.38. The van der Waals surface area contributed by atoms with E-state index in [4.69, 9.17) is 9.47 Å². The molecule has 0 aliphatic carbocycles. The second kappa shape index (κ2) is 8.82. The minimum Gasteiger partial charge on any atom is -0.471 e. The van der Waals surface area contributed by atoms with Crippen LogP contribution in [0.4, 0.5) is 0 Å². The molecule has 1 aliphatic heterocycles. The van der Waals surface area contributed by atoms with Crippen LogP contribution in [0, 0.1) is 13.8 Å². The molecule has 0 saturated carbocycles. The SMILES string of the molecule is Cc1ccc(C)c(OCn2ccc(C(=O)NCCN3CCOCC3)n2)c1. The van der Waals surface area contributed by atoms with Crippen molar-refractivity contribution in [2.75, 3.05) is 39.4 Å². The lowest BCUT2D eigenvalue weighted by Crippen LogP contribution is -2.41. The van der Waals surface area contributed by atoms with Gasteiger partial charge in [-0.3, -0.25) is 9.69 Å². The Balaban J connectivity index is 1.46. The molecule has 0 atom stereocenters. The minimum absolute atomic E-state index is 0.163. The van der Waals surface area contributed by atoms with Gasteiger partial charge in [0.2, 0.25) is 0 Å². The highest BCUT2D eigenvalue weighted by atomic mass is 16.5. The molecule has 7 heteroatoms. The fourth-order valence-corrected chi connectivity index (χ4v) is 2.80. The monoisotopic (exact) mass is 358 g/mol. The molecule has 3 rings (SSSR count). The summed E-state index contributed by atoms with van der Waals surface area (Å²) in [6, 6.07) is 7.78. The molecular formula is C19H26N4O3. The number of morpholine rings is 1. The number of hydrogen-bond donors (Lipinski definition) is 1. The molecule has 0 radical (unpaired) electrons. The molecule has 26 heavy (non-hydrogen) atoms. The number of nitrogens with one attached hydrogen (secondary N) is 1.